The van der Waals surface area contributed by atoms with Crippen molar-refractivity contribution < 1.29 is 13.2 Å². The first-order chi connectivity index (χ1) is 8.41. The van der Waals surface area contributed by atoms with E-state index in [9.17, 15) is 13.2 Å². The van der Waals surface area contributed by atoms with Crippen molar-refractivity contribution in [3.8, 4) is 0 Å². The zero-order chi connectivity index (χ0) is 13.6. The van der Waals surface area contributed by atoms with Crippen molar-refractivity contribution in [1.82, 2.24) is 9.97 Å². The zero-order valence-corrected chi connectivity index (χ0v) is 11.7. The van der Waals surface area contributed by atoms with Gasteiger partial charge in [-0.05, 0) is 40.8 Å². The second-order valence-corrected chi connectivity index (χ2v) is 4.54. The first-order valence-electron chi connectivity index (χ1n) is 4.64. The fourth-order valence-corrected chi connectivity index (χ4v) is 1.47. The van der Waals surface area contributed by atoms with E-state index in [1.165, 1.54) is 0 Å². The van der Waals surface area contributed by atoms with Gasteiger partial charge in [0.2, 0.25) is 0 Å². The van der Waals surface area contributed by atoms with E-state index in [4.69, 9.17) is 11.6 Å². The molecule has 0 bridgehead atoms. The monoisotopic (exact) mass is 386 g/mol. The van der Waals surface area contributed by atoms with Crippen LogP contribution in [0.5, 0.6) is 0 Å². The quantitative estimate of drug-likeness (QED) is 0.494. The predicted octanol–water partition coefficient (Wildman–Crippen LogP) is 4.44. The minimum absolute atomic E-state index is 0.0867. The van der Waals surface area contributed by atoms with Crippen molar-refractivity contribution in [3.63, 3.8) is 0 Å². The molecule has 0 fully saturated rings. The summed E-state index contributed by atoms with van der Waals surface area (Å²) in [5.41, 5.74) is -0.781. The van der Waals surface area contributed by atoms with E-state index in [2.05, 4.69) is 9.97 Å². The summed E-state index contributed by atoms with van der Waals surface area (Å²) in [6.45, 7) is 0. The number of nitrogens with zero attached hydrogens (tertiary/aromatic N) is 2. The van der Waals surface area contributed by atoms with Crippen LogP contribution in [0.2, 0.25) is 5.15 Å². The van der Waals surface area contributed by atoms with E-state index in [0.29, 0.717) is 9.77 Å². The van der Waals surface area contributed by atoms with Crippen LogP contribution in [-0.4, -0.2) is 9.97 Å². The molecule has 2 aromatic heterocycles. The third-order valence-corrected chi connectivity index (χ3v) is 3.13. The summed E-state index contributed by atoms with van der Waals surface area (Å²) in [5.74, 6) is 0. The molecule has 2 rings (SSSR count). The van der Waals surface area contributed by atoms with Crippen LogP contribution in [0.1, 0.15) is 5.56 Å². The zero-order valence-electron chi connectivity index (χ0n) is 8.83. The van der Waals surface area contributed by atoms with Gasteiger partial charge in [0, 0.05) is 18.6 Å². The van der Waals surface area contributed by atoms with Gasteiger partial charge in [-0.25, -0.2) is 4.98 Å². The van der Waals surface area contributed by atoms with Gasteiger partial charge < -0.3 is 0 Å². The summed E-state index contributed by atoms with van der Waals surface area (Å²) in [4.78, 5) is 7.17. The molecule has 0 aliphatic rings. The molecule has 0 amide bonds. The lowest BCUT2D eigenvalue weighted by Gasteiger charge is -2.05. The summed E-state index contributed by atoms with van der Waals surface area (Å²) in [6, 6.07) is 6.67. The van der Waals surface area contributed by atoms with Gasteiger partial charge in [0.05, 0.1) is 9.13 Å². The van der Waals surface area contributed by atoms with E-state index >= 15 is 0 Å². The van der Waals surface area contributed by atoms with Gasteiger partial charge >= 0.3 is 6.18 Å². The Bertz CT molecular complexity index is 465. The topological polar surface area (TPSA) is 25.8 Å². The van der Waals surface area contributed by atoms with E-state index in [1.807, 2.05) is 18.2 Å². The van der Waals surface area contributed by atoms with Crippen LogP contribution in [0, 0.1) is 3.57 Å². The smallest absolute Gasteiger partial charge is 0.265 e. The fraction of sp³-hybridized carbons (Fsp3) is 0.0909. The van der Waals surface area contributed by atoms with Crippen molar-refractivity contribution in [1.29, 1.82) is 0 Å². The largest absolute Gasteiger partial charge is 0.417 e. The molecule has 0 aliphatic heterocycles. The molecule has 2 aromatic rings. The summed E-state index contributed by atoms with van der Waals surface area (Å²) < 4.78 is 36.3. The lowest BCUT2D eigenvalue weighted by Crippen LogP contribution is -2.05. The van der Waals surface area contributed by atoms with Crippen LogP contribution in [0.4, 0.5) is 13.2 Å². The van der Waals surface area contributed by atoms with Gasteiger partial charge in [-0.1, -0.05) is 17.7 Å². The molecule has 0 saturated heterocycles. The highest BCUT2D eigenvalue weighted by molar-refractivity contribution is 14.1. The number of rotatable bonds is 0. The van der Waals surface area contributed by atoms with Crippen molar-refractivity contribution in [2.75, 3.05) is 0 Å². The van der Waals surface area contributed by atoms with Crippen molar-refractivity contribution in [3.05, 3.63) is 57.1 Å². The molecule has 0 saturated carbocycles. The molecule has 0 N–H and O–H groups in total. The molecule has 0 aromatic carbocycles. The Balaban J connectivity index is 0.000000225. The molecule has 18 heavy (non-hydrogen) atoms. The Morgan fingerprint density at radius 2 is 1.72 bits per heavy atom. The summed E-state index contributed by atoms with van der Waals surface area (Å²) in [5, 5.41) is 0.0867. The molecule has 0 unspecified atom stereocenters. The molecular weight excluding hydrogens is 379 g/mol. The highest BCUT2D eigenvalue weighted by Crippen LogP contribution is 2.30. The van der Waals surface area contributed by atoms with Gasteiger partial charge in [0.25, 0.3) is 0 Å². The van der Waals surface area contributed by atoms with Gasteiger partial charge in [-0.2, -0.15) is 13.2 Å². The van der Waals surface area contributed by atoms with Crippen molar-refractivity contribution >= 4 is 34.2 Å². The third-order valence-electron chi connectivity index (χ3n) is 1.69. The highest BCUT2D eigenvalue weighted by atomic mass is 127. The highest BCUT2D eigenvalue weighted by Gasteiger charge is 2.31. The second kappa shape index (κ2) is 6.89. The molecule has 0 atom stereocenters. The van der Waals surface area contributed by atoms with Gasteiger partial charge in [-0.15, -0.1) is 0 Å². The Morgan fingerprint density at radius 1 is 1.11 bits per heavy atom. The maximum absolute atomic E-state index is 12.0. The van der Waals surface area contributed by atoms with Crippen LogP contribution in [0.15, 0.2) is 42.9 Å². The SMILES string of the molecule is FC(F)(F)c1cnc(Cl)c(I)c1.c1ccncc1. The summed E-state index contributed by atoms with van der Waals surface area (Å²) in [6.07, 6.45) is -0.137. The molecular formula is C11H7ClF3IN2. The van der Waals surface area contributed by atoms with Crippen LogP contribution in [-0.2, 0) is 6.18 Å². The van der Waals surface area contributed by atoms with Crippen LogP contribution in [0.3, 0.4) is 0 Å². The molecule has 2 heterocycles. The van der Waals surface area contributed by atoms with E-state index in [-0.39, 0.29) is 5.15 Å². The minimum Gasteiger partial charge on any atom is -0.265 e. The van der Waals surface area contributed by atoms with E-state index in [1.54, 1.807) is 35.0 Å². The molecule has 96 valence electrons. The van der Waals surface area contributed by atoms with Gasteiger partial charge in [-0.3, -0.25) is 4.98 Å². The lowest BCUT2D eigenvalue weighted by molar-refractivity contribution is -0.137. The molecule has 0 radical (unpaired) electrons. The minimum atomic E-state index is -4.35. The maximum atomic E-state index is 12.0. The number of pyridine rings is 2. The average molecular weight is 387 g/mol. The number of alkyl halides is 3. The van der Waals surface area contributed by atoms with Gasteiger partial charge in [0.1, 0.15) is 5.15 Å². The van der Waals surface area contributed by atoms with E-state index < -0.39 is 11.7 Å². The Hall–Kier alpha value is -0.890. The van der Waals surface area contributed by atoms with Crippen LogP contribution >= 0.6 is 34.2 Å². The molecule has 2 nitrogen and oxygen atoms in total. The van der Waals surface area contributed by atoms with Crippen molar-refractivity contribution in [2.24, 2.45) is 0 Å². The normalized spacial score (nSPS) is 10.5. The van der Waals surface area contributed by atoms with E-state index in [0.717, 1.165) is 6.07 Å². The van der Waals surface area contributed by atoms with Gasteiger partial charge in [0.15, 0.2) is 0 Å². The second-order valence-electron chi connectivity index (χ2n) is 3.02. The summed E-state index contributed by atoms with van der Waals surface area (Å²) >= 11 is 7.14. The number of halogens is 5. The Labute approximate surface area is 120 Å². The first-order valence-corrected chi connectivity index (χ1v) is 6.10. The third kappa shape index (κ3) is 5.18. The first kappa shape index (κ1) is 15.2. The van der Waals surface area contributed by atoms with Crippen LogP contribution in [0.25, 0.3) is 0 Å². The number of aromatic nitrogens is 2. The molecule has 7 heteroatoms. The number of hydrogen-bond donors (Lipinski definition) is 0. The lowest BCUT2D eigenvalue weighted by atomic mass is 10.3. The Morgan fingerprint density at radius 3 is 2.06 bits per heavy atom. The Kier molecular flexibility index (Phi) is 5.80. The summed E-state index contributed by atoms with van der Waals surface area (Å²) in [7, 11) is 0. The molecule has 0 spiro atoms. The maximum Gasteiger partial charge on any atom is 0.417 e. The standard InChI is InChI=1S/C6H2ClF3IN.C5H5N/c7-5-4(11)1-3(2-12-5)6(8,9)10;1-2-4-6-5-3-1/h1-2H;1-5H. The fourth-order valence-electron chi connectivity index (χ4n) is 0.889. The molecule has 0 aliphatic carbocycles. The van der Waals surface area contributed by atoms with Crippen LogP contribution < -0.4 is 0 Å². The number of hydrogen-bond acceptors (Lipinski definition) is 2. The average Bonchev–Trinajstić information content (AvgIpc) is 2.34. The predicted molar refractivity (Wildman–Crippen MR) is 71.2 cm³/mol. The van der Waals surface area contributed by atoms with Crippen molar-refractivity contribution in [2.45, 2.75) is 6.18 Å².